The molecule has 1 aromatic carbocycles. The van der Waals surface area contributed by atoms with Gasteiger partial charge in [-0.3, -0.25) is 9.69 Å². The van der Waals surface area contributed by atoms with E-state index in [2.05, 4.69) is 48.3 Å². The first kappa shape index (κ1) is 17.0. The number of nitrogens with one attached hydrogen (secondary N) is 1. The highest BCUT2D eigenvalue weighted by atomic mass is 16.5. The van der Waals surface area contributed by atoms with Gasteiger partial charge in [-0.15, -0.1) is 0 Å². The van der Waals surface area contributed by atoms with E-state index in [0.29, 0.717) is 12.3 Å². The molecule has 122 valence electrons. The number of morpholine rings is 1. The Labute approximate surface area is 133 Å². The maximum Gasteiger partial charge on any atom is 0.220 e. The molecule has 4 nitrogen and oxygen atoms in total. The minimum Gasteiger partial charge on any atom is -0.379 e. The standard InChI is InChI=1S/C18H28N2O2/c1-15(2)17-6-3-16(4-7-17)5-8-18(21)19-9-10-20-11-13-22-14-12-20/h3-4,6-7,15H,5,8-14H2,1-2H3,(H,19,21). The normalized spacial score (nSPS) is 16.0. The molecule has 0 bridgehead atoms. The molecular formula is C18H28N2O2. The average molecular weight is 304 g/mol. The van der Waals surface area contributed by atoms with Crippen LogP contribution in [0.15, 0.2) is 24.3 Å². The van der Waals surface area contributed by atoms with Crippen LogP contribution in [0.25, 0.3) is 0 Å². The van der Waals surface area contributed by atoms with Crippen LogP contribution >= 0.6 is 0 Å². The number of hydrogen-bond acceptors (Lipinski definition) is 3. The number of hydrogen-bond donors (Lipinski definition) is 1. The van der Waals surface area contributed by atoms with Gasteiger partial charge >= 0.3 is 0 Å². The van der Waals surface area contributed by atoms with Gasteiger partial charge in [0.05, 0.1) is 13.2 Å². The summed E-state index contributed by atoms with van der Waals surface area (Å²) < 4.78 is 5.31. The average Bonchev–Trinajstić information content (AvgIpc) is 2.54. The van der Waals surface area contributed by atoms with E-state index < -0.39 is 0 Å². The summed E-state index contributed by atoms with van der Waals surface area (Å²) in [5.74, 6) is 0.693. The Bertz CT molecular complexity index is 451. The zero-order valence-corrected chi connectivity index (χ0v) is 13.8. The first-order valence-corrected chi connectivity index (χ1v) is 8.31. The van der Waals surface area contributed by atoms with Crippen molar-refractivity contribution >= 4 is 5.91 Å². The van der Waals surface area contributed by atoms with E-state index in [4.69, 9.17) is 4.74 Å². The zero-order valence-electron chi connectivity index (χ0n) is 13.8. The van der Waals surface area contributed by atoms with Crippen LogP contribution < -0.4 is 5.32 Å². The lowest BCUT2D eigenvalue weighted by molar-refractivity contribution is -0.121. The molecule has 1 aromatic rings. The molecule has 0 radical (unpaired) electrons. The van der Waals surface area contributed by atoms with Gasteiger partial charge in [0.25, 0.3) is 0 Å². The SMILES string of the molecule is CC(C)c1ccc(CCC(=O)NCCN2CCOCC2)cc1. The predicted molar refractivity (Wildman–Crippen MR) is 89.1 cm³/mol. The molecule has 1 amide bonds. The molecule has 0 saturated carbocycles. The Hall–Kier alpha value is -1.39. The molecule has 2 rings (SSSR count). The summed E-state index contributed by atoms with van der Waals surface area (Å²) in [5.41, 5.74) is 2.58. The maximum absolute atomic E-state index is 11.9. The molecule has 1 heterocycles. The minimum atomic E-state index is 0.140. The lowest BCUT2D eigenvalue weighted by atomic mass is 10.0. The third-order valence-corrected chi connectivity index (χ3v) is 4.14. The van der Waals surface area contributed by atoms with Crippen LogP contribution in [0.5, 0.6) is 0 Å². The van der Waals surface area contributed by atoms with Crippen LogP contribution in [0.4, 0.5) is 0 Å². The van der Waals surface area contributed by atoms with E-state index in [9.17, 15) is 4.79 Å². The third kappa shape index (κ3) is 5.78. The van der Waals surface area contributed by atoms with Gasteiger partial charge in [0.15, 0.2) is 0 Å². The third-order valence-electron chi connectivity index (χ3n) is 4.14. The topological polar surface area (TPSA) is 41.6 Å². The monoisotopic (exact) mass is 304 g/mol. The molecule has 1 fully saturated rings. The highest BCUT2D eigenvalue weighted by molar-refractivity contribution is 5.76. The number of rotatable bonds is 7. The molecule has 1 saturated heterocycles. The second-order valence-electron chi connectivity index (χ2n) is 6.20. The Kier molecular flexibility index (Phi) is 6.87. The quantitative estimate of drug-likeness (QED) is 0.839. The van der Waals surface area contributed by atoms with E-state index >= 15 is 0 Å². The van der Waals surface area contributed by atoms with E-state index in [1.54, 1.807) is 0 Å². The largest absolute Gasteiger partial charge is 0.379 e. The molecule has 1 N–H and O–H groups in total. The highest BCUT2D eigenvalue weighted by Gasteiger charge is 2.10. The molecular weight excluding hydrogens is 276 g/mol. The van der Waals surface area contributed by atoms with Crippen molar-refractivity contribution < 1.29 is 9.53 Å². The molecule has 22 heavy (non-hydrogen) atoms. The first-order valence-electron chi connectivity index (χ1n) is 8.31. The van der Waals surface area contributed by atoms with E-state index in [-0.39, 0.29) is 5.91 Å². The Morgan fingerprint density at radius 3 is 2.55 bits per heavy atom. The van der Waals surface area contributed by atoms with Crippen LogP contribution in [0.3, 0.4) is 0 Å². The smallest absolute Gasteiger partial charge is 0.220 e. The number of nitrogens with zero attached hydrogens (tertiary/aromatic N) is 1. The fraction of sp³-hybridized carbons (Fsp3) is 0.611. The highest BCUT2D eigenvalue weighted by Crippen LogP contribution is 2.15. The van der Waals surface area contributed by atoms with Crippen molar-refractivity contribution in [3.05, 3.63) is 35.4 Å². The van der Waals surface area contributed by atoms with Crippen molar-refractivity contribution in [2.75, 3.05) is 39.4 Å². The summed E-state index contributed by atoms with van der Waals surface area (Å²) in [4.78, 5) is 14.2. The second-order valence-corrected chi connectivity index (χ2v) is 6.20. The van der Waals surface area contributed by atoms with Gasteiger partial charge in [-0.2, -0.15) is 0 Å². The van der Waals surface area contributed by atoms with Crippen LogP contribution in [-0.4, -0.2) is 50.2 Å². The number of ether oxygens (including phenoxy) is 1. The summed E-state index contributed by atoms with van der Waals surface area (Å²) in [6.07, 6.45) is 1.37. The van der Waals surface area contributed by atoms with Crippen LogP contribution in [0.1, 0.15) is 37.3 Å². The van der Waals surface area contributed by atoms with Crippen LogP contribution in [0.2, 0.25) is 0 Å². The summed E-state index contributed by atoms with van der Waals surface area (Å²) in [6.45, 7) is 9.58. The van der Waals surface area contributed by atoms with Crippen molar-refractivity contribution in [3.8, 4) is 0 Å². The van der Waals surface area contributed by atoms with Gasteiger partial charge in [-0.1, -0.05) is 38.1 Å². The number of carbonyl (C=O) groups is 1. The molecule has 0 aliphatic carbocycles. The zero-order chi connectivity index (χ0) is 15.8. The van der Waals surface area contributed by atoms with E-state index in [1.807, 2.05) is 0 Å². The molecule has 0 aromatic heterocycles. The Balaban J connectivity index is 1.62. The van der Waals surface area contributed by atoms with E-state index in [0.717, 1.165) is 45.8 Å². The molecule has 0 unspecified atom stereocenters. The molecule has 0 atom stereocenters. The van der Waals surface area contributed by atoms with Crippen molar-refractivity contribution in [2.45, 2.75) is 32.6 Å². The van der Waals surface area contributed by atoms with Gasteiger partial charge in [-0.25, -0.2) is 0 Å². The fourth-order valence-electron chi connectivity index (χ4n) is 2.59. The summed E-state index contributed by atoms with van der Waals surface area (Å²) in [7, 11) is 0. The summed E-state index contributed by atoms with van der Waals surface area (Å²) in [6, 6.07) is 8.60. The number of carbonyl (C=O) groups excluding carboxylic acids is 1. The van der Waals surface area contributed by atoms with Gasteiger partial charge in [0, 0.05) is 32.6 Å². The van der Waals surface area contributed by atoms with Gasteiger partial charge < -0.3 is 10.1 Å². The van der Waals surface area contributed by atoms with Crippen molar-refractivity contribution in [1.82, 2.24) is 10.2 Å². The number of benzene rings is 1. The molecule has 1 aliphatic rings. The van der Waals surface area contributed by atoms with Crippen LogP contribution in [-0.2, 0) is 16.0 Å². The Morgan fingerprint density at radius 2 is 1.91 bits per heavy atom. The Morgan fingerprint density at radius 1 is 1.23 bits per heavy atom. The second kappa shape index (κ2) is 8.91. The molecule has 1 aliphatic heterocycles. The van der Waals surface area contributed by atoms with Gasteiger partial charge in [0.1, 0.15) is 0 Å². The lowest BCUT2D eigenvalue weighted by Gasteiger charge is -2.26. The van der Waals surface area contributed by atoms with Crippen LogP contribution in [0, 0.1) is 0 Å². The van der Waals surface area contributed by atoms with Crippen molar-refractivity contribution in [1.29, 1.82) is 0 Å². The fourth-order valence-corrected chi connectivity index (χ4v) is 2.59. The molecule has 4 heteroatoms. The van der Waals surface area contributed by atoms with Gasteiger partial charge in [-0.05, 0) is 23.5 Å². The minimum absolute atomic E-state index is 0.140. The van der Waals surface area contributed by atoms with E-state index in [1.165, 1.54) is 11.1 Å². The molecule has 0 spiro atoms. The maximum atomic E-state index is 11.9. The lowest BCUT2D eigenvalue weighted by Crippen LogP contribution is -2.41. The van der Waals surface area contributed by atoms with Gasteiger partial charge in [0.2, 0.25) is 5.91 Å². The van der Waals surface area contributed by atoms with Crippen molar-refractivity contribution in [2.24, 2.45) is 0 Å². The summed E-state index contributed by atoms with van der Waals surface area (Å²) in [5, 5.41) is 3.01. The number of aryl methyl sites for hydroxylation is 1. The summed E-state index contributed by atoms with van der Waals surface area (Å²) >= 11 is 0. The number of amides is 1. The van der Waals surface area contributed by atoms with Crippen molar-refractivity contribution in [3.63, 3.8) is 0 Å². The first-order chi connectivity index (χ1) is 10.6. The predicted octanol–water partition coefficient (Wildman–Crippen LogP) is 2.19.